The van der Waals surface area contributed by atoms with E-state index in [0.29, 0.717) is 19.0 Å². The molecule has 124 valence electrons. The Labute approximate surface area is 138 Å². The van der Waals surface area contributed by atoms with Crippen molar-refractivity contribution in [3.05, 3.63) is 23.3 Å². The molecule has 1 fully saturated rings. The van der Waals surface area contributed by atoms with E-state index in [1.807, 2.05) is 0 Å². The van der Waals surface area contributed by atoms with Gasteiger partial charge in [0.2, 0.25) is 0 Å². The monoisotopic (exact) mass is 324 g/mol. The highest BCUT2D eigenvalue weighted by atomic mass is 32.2. The lowest BCUT2D eigenvalue weighted by molar-refractivity contribution is 0.127. The summed E-state index contributed by atoms with van der Waals surface area (Å²) < 4.78 is 5.34. The van der Waals surface area contributed by atoms with Crippen molar-refractivity contribution >= 4 is 11.8 Å². The number of aromatic hydroxyl groups is 1. The molecule has 0 bridgehead atoms. The maximum atomic E-state index is 10.7. The van der Waals surface area contributed by atoms with Crippen LogP contribution in [0, 0.1) is 0 Å². The van der Waals surface area contributed by atoms with Gasteiger partial charge in [-0.1, -0.05) is 41.5 Å². The van der Waals surface area contributed by atoms with Crippen LogP contribution in [0.25, 0.3) is 0 Å². The summed E-state index contributed by atoms with van der Waals surface area (Å²) >= 11 is 1.64. The molecule has 0 amide bonds. The maximum Gasteiger partial charge on any atom is 0.123 e. The first-order valence-electron chi connectivity index (χ1n) is 7.80. The van der Waals surface area contributed by atoms with Crippen LogP contribution in [0.4, 0.5) is 0 Å². The summed E-state index contributed by atoms with van der Waals surface area (Å²) in [5, 5.41) is 20.7. The van der Waals surface area contributed by atoms with Gasteiger partial charge < -0.3 is 14.9 Å². The van der Waals surface area contributed by atoms with E-state index in [1.165, 1.54) is 0 Å². The van der Waals surface area contributed by atoms with Crippen molar-refractivity contribution < 1.29 is 14.9 Å². The van der Waals surface area contributed by atoms with Crippen molar-refractivity contribution in [2.45, 2.75) is 68.6 Å². The lowest BCUT2D eigenvalue weighted by atomic mass is 9.79. The molecule has 1 heterocycles. The van der Waals surface area contributed by atoms with Gasteiger partial charge in [0, 0.05) is 16.0 Å². The van der Waals surface area contributed by atoms with Crippen LogP contribution >= 0.6 is 11.8 Å². The number of aliphatic hydroxyl groups excluding tert-OH is 1. The molecule has 0 spiro atoms. The minimum Gasteiger partial charge on any atom is -0.507 e. The van der Waals surface area contributed by atoms with Crippen LogP contribution in [0.1, 0.15) is 52.7 Å². The quantitative estimate of drug-likeness (QED) is 0.868. The zero-order valence-electron chi connectivity index (χ0n) is 14.4. The molecule has 2 N–H and O–H groups in total. The molecule has 0 unspecified atom stereocenters. The number of rotatable bonds is 2. The molecule has 1 aromatic carbocycles. The number of thioether (sulfide) groups is 1. The van der Waals surface area contributed by atoms with Crippen molar-refractivity contribution in [1.29, 1.82) is 0 Å². The molecular formula is C18H28O3S. The van der Waals surface area contributed by atoms with E-state index in [2.05, 4.69) is 53.7 Å². The normalized spacial score (nSPS) is 23.0. The van der Waals surface area contributed by atoms with E-state index in [1.54, 1.807) is 11.8 Å². The molecule has 2 rings (SSSR count). The molecule has 4 heteroatoms. The van der Waals surface area contributed by atoms with Crippen molar-refractivity contribution in [2.24, 2.45) is 0 Å². The largest absolute Gasteiger partial charge is 0.507 e. The number of ether oxygens (including phenoxy) is 1. The van der Waals surface area contributed by atoms with Crippen molar-refractivity contribution in [3.63, 3.8) is 0 Å². The van der Waals surface area contributed by atoms with Gasteiger partial charge in [-0.05, 0) is 23.0 Å². The summed E-state index contributed by atoms with van der Waals surface area (Å²) in [7, 11) is 0. The van der Waals surface area contributed by atoms with Gasteiger partial charge in [0.05, 0.1) is 24.6 Å². The third-order valence-electron chi connectivity index (χ3n) is 3.99. The predicted molar refractivity (Wildman–Crippen MR) is 92.0 cm³/mol. The summed E-state index contributed by atoms with van der Waals surface area (Å²) in [6, 6.07) is 4.11. The van der Waals surface area contributed by atoms with Gasteiger partial charge in [0.25, 0.3) is 0 Å². The van der Waals surface area contributed by atoms with E-state index >= 15 is 0 Å². The van der Waals surface area contributed by atoms with E-state index < -0.39 is 6.10 Å². The molecule has 3 nitrogen and oxygen atoms in total. The first-order chi connectivity index (χ1) is 10.00. The van der Waals surface area contributed by atoms with Crippen LogP contribution in [-0.4, -0.2) is 34.8 Å². The van der Waals surface area contributed by atoms with Crippen LogP contribution in [0.3, 0.4) is 0 Å². The van der Waals surface area contributed by atoms with Crippen LogP contribution in [0.5, 0.6) is 5.75 Å². The van der Waals surface area contributed by atoms with Crippen LogP contribution < -0.4 is 0 Å². The minimum absolute atomic E-state index is 0.0604. The summed E-state index contributed by atoms with van der Waals surface area (Å²) in [6.07, 6.45) is -0.421. The SMILES string of the molecule is CC(C)(C)c1cc(S[C@@H]2COC[C@H]2O)cc(C(C)(C)C)c1O. The fourth-order valence-electron chi connectivity index (χ4n) is 2.63. The summed E-state index contributed by atoms with van der Waals surface area (Å²) in [6.45, 7) is 13.6. The van der Waals surface area contributed by atoms with Gasteiger partial charge in [-0.3, -0.25) is 0 Å². The van der Waals surface area contributed by atoms with Crippen LogP contribution in [0.2, 0.25) is 0 Å². The summed E-state index contributed by atoms with van der Waals surface area (Å²) in [5.41, 5.74) is 1.64. The lowest BCUT2D eigenvalue weighted by Gasteiger charge is -2.28. The number of hydrogen-bond donors (Lipinski definition) is 2. The molecule has 1 aliphatic heterocycles. The van der Waals surface area contributed by atoms with E-state index in [0.717, 1.165) is 16.0 Å². The summed E-state index contributed by atoms with van der Waals surface area (Å²) in [4.78, 5) is 1.09. The fourth-order valence-corrected chi connectivity index (χ4v) is 3.75. The molecule has 0 aliphatic carbocycles. The number of phenolic OH excluding ortho intramolecular Hbond substituents is 1. The highest BCUT2D eigenvalue weighted by molar-refractivity contribution is 8.00. The Kier molecular flexibility index (Phi) is 4.86. The maximum absolute atomic E-state index is 10.7. The first-order valence-corrected chi connectivity index (χ1v) is 8.68. The second kappa shape index (κ2) is 6.06. The topological polar surface area (TPSA) is 49.7 Å². The highest BCUT2D eigenvalue weighted by Gasteiger charge is 2.30. The van der Waals surface area contributed by atoms with Gasteiger partial charge in [0.1, 0.15) is 5.75 Å². The van der Waals surface area contributed by atoms with E-state index in [-0.39, 0.29) is 16.1 Å². The smallest absolute Gasteiger partial charge is 0.123 e. The molecule has 0 radical (unpaired) electrons. The molecule has 0 aromatic heterocycles. The zero-order chi connectivity index (χ0) is 16.7. The average Bonchev–Trinajstić information content (AvgIpc) is 2.74. The second-order valence-electron chi connectivity index (χ2n) is 8.13. The van der Waals surface area contributed by atoms with Crippen molar-refractivity contribution in [2.75, 3.05) is 13.2 Å². The Bertz CT molecular complexity index is 505. The Morgan fingerprint density at radius 1 is 1.00 bits per heavy atom. The van der Waals surface area contributed by atoms with Crippen LogP contribution in [0.15, 0.2) is 17.0 Å². The lowest BCUT2D eigenvalue weighted by Crippen LogP contribution is -2.21. The number of aliphatic hydroxyl groups is 1. The van der Waals surface area contributed by atoms with Gasteiger partial charge in [-0.2, -0.15) is 0 Å². The molecular weight excluding hydrogens is 296 g/mol. The third-order valence-corrected chi connectivity index (χ3v) is 5.25. The average molecular weight is 324 g/mol. The van der Waals surface area contributed by atoms with Gasteiger partial charge in [0.15, 0.2) is 0 Å². The molecule has 22 heavy (non-hydrogen) atoms. The Morgan fingerprint density at radius 3 is 1.86 bits per heavy atom. The Balaban J connectivity index is 2.46. The second-order valence-corrected chi connectivity index (χ2v) is 9.44. The van der Waals surface area contributed by atoms with Crippen LogP contribution in [-0.2, 0) is 15.6 Å². The summed E-state index contributed by atoms with van der Waals surface area (Å²) in [5.74, 6) is 0.396. The Morgan fingerprint density at radius 2 is 1.50 bits per heavy atom. The molecule has 1 aliphatic rings. The zero-order valence-corrected chi connectivity index (χ0v) is 15.3. The van der Waals surface area contributed by atoms with E-state index in [4.69, 9.17) is 4.74 Å². The highest BCUT2D eigenvalue weighted by Crippen LogP contribution is 2.43. The van der Waals surface area contributed by atoms with Gasteiger partial charge >= 0.3 is 0 Å². The fraction of sp³-hybridized carbons (Fsp3) is 0.667. The molecule has 1 saturated heterocycles. The minimum atomic E-state index is -0.421. The van der Waals surface area contributed by atoms with Crippen molar-refractivity contribution in [1.82, 2.24) is 0 Å². The third kappa shape index (κ3) is 3.79. The number of hydrogen-bond acceptors (Lipinski definition) is 4. The van der Waals surface area contributed by atoms with Gasteiger partial charge in [-0.25, -0.2) is 0 Å². The van der Waals surface area contributed by atoms with Crippen molar-refractivity contribution in [3.8, 4) is 5.75 Å². The van der Waals surface area contributed by atoms with E-state index in [9.17, 15) is 10.2 Å². The molecule has 1 aromatic rings. The Hall–Kier alpha value is -0.710. The number of phenols is 1. The predicted octanol–water partition coefficient (Wildman–Crippen LogP) is 3.84. The standard InChI is InChI=1S/C18H28O3S/c1-17(2,3)12-7-11(22-15-10-21-9-14(15)19)8-13(16(12)20)18(4,5)6/h7-8,14-15,19-20H,9-10H2,1-6H3/t14-,15-/m1/s1. The molecule has 2 atom stereocenters. The number of benzene rings is 1. The molecule has 0 saturated carbocycles. The van der Waals surface area contributed by atoms with Gasteiger partial charge in [-0.15, -0.1) is 11.8 Å². The first kappa shape index (κ1) is 17.6.